The molecule has 1 aliphatic carbocycles. The second kappa shape index (κ2) is 6.49. The summed E-state index contributed by atoms with van der Waals surface area (Å²) >= 11 is 0. The van der Waals surface area contributed by atoms with Gasteiger partial charge in [-0.25, -0.2) is 8.42 Å². The summed E-state index contributed by atoms with van der Waals surface area (Å²) in [6.45, 7) is 1.66. The van der Waals surface area contributed by atoms with Crippen LogP contribution in [0.4, 0.5) is 0 Å². The van der Waals surface area contributed by atoms with Gasteiger partial charge in [-0.05, 0) is 26.9 Å². The molecule has 0 atom stereocenters. The molecule has 0 saturated heterocycles. The molecule has 1 fully saturated rings. The van der Waals surface area contributed by atoms with Gasteiger partial charge in [-0.3, -0.25) is 4.79 Å². The van der Waals surface area contributed by atoms with Gasteiger partial charge in [0, 0.05) is 32.1 Å². The molecule has 1 saturated carbocycles. The van der Waals surface area contributed by atoms with E-state index in [-0.39, 0.29) is 24.9 Å². The van der Waals surface area contributed by atoms with E-state index in [9.17, 15) is 13.2 Å². The Morgan fingerprint density at radius 3 is 2.33 bits per heavy atom. The van der Waals surface area contributed by atoms with Crippen LogP contribution in [0.5, 0.6) is 0 Å². The molecular formula is C11H23N3O3S. The van der Waals surface area contributed by atoms with Crippen molar-refractivity contribution in [3.05, 3.63) is 0 Å². The molecule has 106 valence electrons. The molecule has 0 heterocycles. The van der Waals surface area contributed by atoms with Crippen LogP contribution in [0, 0.1) is 0 Å². The highest BCUT2D eigenvalue weighted by Crippen LogP contribution is 2.28. The summed E-state index contributed by atoms with van der Waals surface area (Å²) in [6, 6.07) is 0.120. The third-order valence-electron chi connectivity index (χ3n) is 2.82. The van der Waals surface area contributed by atoms with Gasteiger partial charge < -0.3 is 10.2 Å². The van der Waals surface area contributed by atoms with E-state index in [0.29, 0.717) is 6.54 Å². The first-order valence-corrected chi connectivity index (χ1v) is 8.04. The minimum Gasteiger partial charge on any atom is -0.355 e. The molecule has 0 aromatic heterocycles. The van der Waals surface area contributed by atoms with Crippen LogP contribution < -0.4 is 5.32 Å². The minimum atomic E-state index is -3.19. The monoisotopic (exact) mass is 277 g/mol. The molecule has 1 amide bonds. The van der Waals surface area contributed by atoms with Gasteiger partial charge in [0.15, 0.2) is 0 Å². The summed E-state index contributed by atoms with van der Waals surface area (Å²) in [4.78, 5) is 13.5. The molecule has 1 rings (SSSR count). The number of likely N-dealkylation sites (N-methyl/N-ethyl adjacent to an activating group) is 1. The van der Waals surface area contributed by atoms with Gasteiger partial charge in [0.1, 0.15) is 0 Å². The summed E-state index contributed by atoms with van der Waals surface area (Å²) < 4.78 is 24.5. The van der Waals surface area contributed by atoms with Crippen molar-refractivity contribution in [2.75, 3.05) is 40.0 Å². The smallest absolute Gasteiger partial charge is 0.221 e. The molecule has 0 aromatic rings. The van der Waals surface area contributed by atoms with E-state index in [2.05, 4.69) is 5.32 Å². The summed E-state index contributed by atoms with van der Waals surface area (Å²) in [5.41, 5.74) is 0. The Hall–Kier alpha value is -0.660. The number of carbonyl (C=O) groups excluding carboxylic acids is 1. The highest BCUT2D eigenvalue weighted by Gasteiger charge is 2.34. The van der Waals surface area contributed by atoms with Gasteiger partial charge in [-0.15, -0.1) is 0 Å². The van der Waals surface area contributed by atoms with Crippen molar-refractivity contribution in [1.82, 2.24) is 14.5 Å². The third kappa shape index (κ3) is 5.79. The molecule has 18 heavy (non-hydrogen) atoms. The van der Waals surface area contributed by atoms with E-state index in [1.165, 1.54) is 10.6 Å². The number of hydrogen-bond donors (Lipinski definition) is 1. The molecule has 7 heteroatoms. The van der Waals surface area contributed by atoms with Crippen molar-refractivity contribution in [2.45, 2.75) is 25.3 Å². The fourth-order valence-corrected chi connectivity index (χ4v) is 2.88. The van der Waals surface area contributed by atoms with E-state index in [0.717, 1.165) is 19.4 Å². The van der Waals surface area contributed by atoms with E-state index >= 15 is 0 Å². The maximum absolute atomic E-state index is 11.5. The molecule has 0 radical (unpaired) electrons. The summed E-state index contributed by atoms with van der Waals surface area (Å²) in [5, 5.41) is 2.78. The second-order valence-corrected chi connectivity index (χ2v) is 6.94. The summed E-state index contributed by atoms with van der Waals surface area (Å²) in [6.07, 6.45) is 3.26. The second-order valence-electron chi connectivity index (χ2n) is 5.01. The van der Waals surface area contributed by atoms with Crippen LogP contribution in [-0.2, 0) is 14.8 Å². The molecule has 6 nitrogen and oxygen atoms in total. The predicted molar refractivity (Wildman–Crippen MR) is 70.8 cm³/mol. The number of carbonyl (C=O) groups is 1. The Morgan fingerprint density at radius 1 is 1.28 bits per heavy atom. The first-order valence-electron chi connectivity index (χ1n) is 6.19. The van der Waals surface area contributed by atoms with E-state index in [4.69, 9.17) is 0 Å². The lowest BCUT2D eigenvalue weighted by molar-refractivity contribution is -0.121. The number of sulfonamides is 1. The first kappa shape index (κ1) is 15.4. The average Bonchev–Trinajstić information content (AvgIpc) is 2.99. The maximum atomic E-state index is 11.5. The van der Waals surface area contributed by atoms with Crippen molar-refractivity contribution in [2.24, 2.45) is 0 Å². The Balaban J connectivity index is 2.28. The van der Waals surface area contributed by atoms with Gasteiger partial charge in [-0.2, -0.15) is 4.31 Å². The SMILES string of the molecule is CN(C)CCNC(=O)CCN(C1CC1)S(C)(=O)=O. The van der Waals surface area contributed by atoms with Gasteiger partial charge in [-0.1, -0.05) is 0 Å². The summed E-state index contributed by atoms with van der Waals surface area (Å²) in [7, 11) is 0.684. The molecule has 1 N–H and O–H groups in total. The normalized spacial score (nSPS) is 16.3. The van der Waals surface area contributed by atoms with Crippen molar-refractivity contribution in [1.29, 1.82) is 0 Å². The highest BCUT2D eigenvalue weighted by molar-refractivity contribution is 7.88. The fraction of sp³-hybridized carbons (Fsp3) is 0.909. The number of hydrogen-bond acceptors (Lipinski definition) is 4. The number of nitrogens with one attached hydrogen (secondary N) is 1. The fourth-order valence-electron chi connectivity index (χ4n) is 1.70. The van der Waals surface area contributed by atoms with Crippen LogP contribution >= 0.6 is 0 Å². The van der Waals surface area contributed by atoms with E-state index in [1.807, 2.05) is 19.0 Å². The van der Waals surface area contributed by atoms with E-state index in [1.54, 1.807) is 0 Å². The molecule has 0 unspecified atom stereocenters. The lowest BCUT2D eigenvalue weighted by atomic mass is 10.4. The van der Waals surface area contributed by atoms with Crippen LogP contribution in [0.15, 0.2) is 0 Å². The average molecular weight is 277 g/mol. The predicted octanol–water partition coefficient (Wildman–Crippen LogP) is -0.522. The van der Waals surface area contributed by atoms with Crippen molar-refractivity contribution in [3.63, 3.8) is 0 Å². The number of amides is 1. The number of nitrogens with zero attached hydrogens (tertiary/aromatic N) is 2. The van der Waals surface area contributed by atoms with Crippen molar-refractivity contribution in [3.8, 4) is 0 Å². The number of rotatable bonds is 8. The van der Waals surface area contributed by atoms with Crippen LogP contribution in [0.3, 0.4) is 0 Å². The zero-order valence-electron chi connectivity index (χ0n) is 11.3. The molecular weight excluding hydrogens is 254 g/mol. The largest absolute Gasteiger partial charge is 0.355 e. The topological polar surface area (TPSA) is 69.7 Å². The minimum absolute atomic E-state index is 0.0915. The van der Waals surface area contributed by atoms with Gasteiger partial charge in [0.05, 0.1) is 6.26 Å². The third-order valence-corrected chi connectivity index (χ3v) is 4.15. The molecule has 0 bridgehead atoms. The molecule has 0 aliphatic heterocycles. The van der Waals surface area contributed by atoms with Gasteiger partial charge in [0.2, 0.25) is 15.9 Å². The summed E-state index contributed by atoms with van der Waals surface area (Å²) in [5.74, 6) is -0.0915. The van der Waals surface area contributed by atoms with Crippen LogP contribution in [0.1, 0.15) is 19.3 Å². The Labute approximate surface area is 109 Å². The van der Waals surface area contributed by atoms with Crippen molar-refractivity contribution < 1.29 is 13.2 Å². The molecule has 0 aromatic carbocycles. The zero-order chi connectivity index (χ0) is 13.8. The molecule has 0 spiro atoms. The van der Waals surface area contributed by atoms with E-state index < -0.39 is 10.0 Å². The van der Waals surface area contributed by atoms with Crippen molar-refractivity contribution >= 4 is 15.9 Å². The van der Waals surface area contributed by atoms with Gasteiger partial charge in [0.25, 0.3) is 0 Å². The lowest BCUT2D eigenvalue weighted by Crippen LogP contribution is -2.37. The Bertz CT molecular complexity index is 377. The lowest BCUT2D eigenvalue weighted by Gasteiger charge is -2.19. The quantitative estimate of drug-likeness (QED) is 0.648. The Kier molecular flexibility index (Phi) is 5.55. The van der Waals surface area contributed by atoms with Crippen LogP contribution in [0.2, 0.25) is 0 Å². The maximum Gasteiger partial charge on any atom is 0.221 e. The van der Waals surface area contributed by atoms with Crippen LogP contribution in [-0.4, -0.2) is 69.6 Å². The first-order chi connectivity index (χ1) is 8.30. The standard InChI is InChI=1S/C11H23N3O3S/c1-13(2)9-7-12-11(15)6-8-14(10-4-5-10)18(3,16)17/h10H,4-9H2,1-3H3,(H,12,15). The highest BCUT2D eigenvalue weighted by atomic mass is 32.2. The van der Waals surface area contributed by atoms with Gasteiger partial charge >= 0.3 is 0 Å². The zero-order valence-corrected chi connectivity index (χ0v) is 12.2. The Morgan fingerprint density at radius 2 is 1.89 bits per heavy atom. The van der Waals surface area contributed by atoms with Crippen LogP contribution in [0.25, 0.3) is 0 Å². The molecule has 1 aliphatic rings.